The number of carbonyl (C=O) groups is 1. The quantitative estimate of drug-likeness (QED) is 0.877. The van der Waals surface area contributed by atoms with E-state index in [1.165, 1.54) is 18.1 Å². The minimum atomic E-state index is -0.935. The number of hydrogen-bond donors (Lipinski definition) is 2. The summed E-state index contributed by atoms with van der Waals surface area (Å²) in [5.74, 6) is 0.0641. The Morgan fingerprint density at radius 1 is 1.47 bits per heavy atom. The molecule has 104 valence electrons. The molecule has 0 spiro atoms. The summed E-state index contributed by atoms with van der Waals surface area (Å²) >= 11 is 0. The molecule has 1 aliphatic rings. The zero-order chi connectivity index (χ0) is 14.0. The van der Waals surface area contributed by atoms with Crippen LogP contribution in [0.5, 0.6) is 0 Å². The van der Waals surface area contributed by atoms with Crippen LogP contribution in [0, 0.1) is 0 Å². The van der Waals surface area contributed by atoms with E-state index in [1.54, 1.807) is 0 Å². The maximum atomic E-state index is 11.5. The Bertz CT molecular complexity index is 466. The Kier molecular flexibility index (Phi) is 3.95. The number of aliphatic hydroxyl groups excluding tert-OH is 1. The highest BCUT2D eigenvalue weighted by Gasteiger charge is 2.32. The molecule has 0 saturated heterocycles. The van der Waals surface area contributed by atoms with Crippen molar-refractivity contribution in [3.8, 4) is 0 Å². The number of carbonyl (C=O) groups excluding carboxylic acids is 1. The first-order valence-corrected chi connectivity index (χ1v) is 6.97. The van der Waals surface area contributed by atoms with Crippen molar-refractivity contribution in [3.63, 3.8) is 0 Å². The molecule has 0 heterocycles. The SMILES string of the molecule is CC(O)C(=O)NCC1CCC(C)(C)c2ccccc21. The van der Waals surface area contributed by atoms with Gasteiger partial charge in [-0.2, -0.15) is 0 Å². The van der Waals surface area contributed by atoms with E-state index in [-0.39, 0.29) is 11.3 Å². The van der Waals surface area contributed by atoms with Crippen LogP contribution in [0.4, 0.5) is 0 Å². The van der Waals surface area contributed by atoms with E-state index < -0.39 is 6.10 Å². The van der Waals surface area contributed by atoms with Crippen LogP contribution in [-0.4, -0.2) is 23.7 Å². The molecule has 0 fully saturated rings. The summed E-state index contributed by atoms with van der Waals surface area (Å²) in [5.41, 5.74) is 2.93. The number of rotatable bonds is 3. The van der Waals surface area contributed by atoms with Gasteiger partial charge < -0.3 is 10.4 Å². The van der Waals surface area contributed by atoms with Crippen LogP contribution in [0.3, 0.4) is 0 Å². The highest BCUT2D eigenvalue weighted by Crippen LogP contribution is 2.42. The fraction of sp³-hybridized carbons (Fsp3) is 0.562. The van der Waals surface area contributed by atoms with Crippen LogP contribution < -0.4 is 5.32 Å². The lowest BCUT2D eigenvalue weighted by molar-refractivity contribution is -0.128. The van der Waals surface area contributed by atoms with Crippen molar-refractivity contribution in [3.05, 3.63) is 35.4 Å². The summed E-state index contributed by atoms with van der Waals surface area (Å²) in [6.07, 6.45) is 1.26. The van der Waals surface area contributed by atoms with Gasteiger partial charge in [0.25, 0.3) is 0 Å². The van der Waals surface area contributed by atoms with Gasteiger partial charge in [0.1, 0.15) is 6.10 Å². The van der Waals surface area contributed by atoms with Crippen molar-refractivity contribution in [1.29, 1.82) is 0 Å². The minimum Gasteiger partial charge on any atom is -0.384 e. The molecule has 2 atom stereocenters. The standard InChI is InChI=1S/C16H23NO2/c1-11(18)15(19)17-10-12-8-9-16(2,3)14-7-5-4-6-13(12)14/h4-7,11-12,18H,8-10H2,1-3H3,(H,17,19). The number of amides is 1. The van der Waals surface area contributed by atoms with Gasteiger partial charge in [-0.25, -0.2) is 0 Å². The molecule has 1 aromatic carbocycles. The maximum Gasteiger partial charge on any atom is 0.248 e. The average molecular weight is 261 g/mol. The van der Waals surface area contributed by atoms with Crippen LogP contribution in [-0.2, 0) is 10.2 Å². The Balaban J connectivity index is 2.14. The predicted molar refractivity (Wildman–Crippen MR) is 76.1 cm³/mol. The van der Waals surface area contributed by atoms with E-state index in [0.717, 1.165) is 12.8 Å². The van der Waals surface area contributed by atoms with Gasteiger partial charge in [-0.3, -0.25) is 4.79 Å². The second kappa shape index (κ2) is 5.33. The molecule has 2 rings (SSSR count). The van der Waals surface area contributed by atoms with Gasteiger partial charge in [-0.15, -0.1) is 0 Å². The van der Waals surface area contributed by atoms with E-state index in [1.807, 2.05) is 0 Å². The second-order valence-electron chi connectivity index (χ2n) is 6.13. The van der Waals surface area contributed by atoms with Gasteiger partial charge in [0.05, 0.1) is 0 Å². The van der Waals surface area contributed by atoms with E-state index in [0.29, 0.717) is 12.5 Å². The van der Waals surface area contributed by atoms with Crippen molar-refractivity contribution in [2.45, 2.75) is 51.0 Å². The Labute approximate surface area is 115 Å². The third-order valence-electron chi connectivity index (χ3n) is 4.15. The van der Waals surface area contributed by atoms with E-state index in [4.69, 9.17) is 0 Å². The molecule has 1 aromatic rings. The zero-order valence-corrected chi connectivity index (χ0v) is 11.9. The van der Waals surface area contributed by atoms with Gasteiger partial charge >= 0.3 is 0 Å². The van der Waals surface area contributed by atoms with Crippen LogP contribution in [0.2, 0.25) is 0 Å². The zero-order valence-electron chi connectivity index (χ0n) is 11.9. The summed E-state index contributed by atoms with van der Waals surface area (Å²) in [5, 5.41) is 12.0. The monoisotopic (exact) mass is 261 g/mol. The fourth-order valence-corrected chi connectivity index (χ4v) is 2.88. The molecule has 0 aliphatic heterocycles. The van der Waals surface area contributed by atoms with E-state index >= 15 is 0 Å². The highest BCUT2D eigenvalue weighted by atomic mass is 16.3. The summed E-state index contributed by atoms with van der Waals surface area (Å²) < 4.78 is 0. The number of benzene rings is 1. The van der Waals surface area contributed by atoms with Gasteiger partial charge in [-0.05, 0) is 36.3 Å². The van der Waals surface area contributed by atoms with Gasteiger partial charge in [0, 0.05) is 12.5 Å². The normalized spacial score (nSPS) is 22.4. The fourth-order valence-electron chi connectivity index (χ4n) is 2.88. The maximum absolute atomic E-state index is 11.5. The Hall–Kier alpha value is -1.35. The summed E-state index contributed by atoms with van der Waals surface area (Å²) in [7, 11) is 0. The third-order valence-corrected chi connectivity index (χ3v) is 4.15. The molecular weight excluding hydrogens is 238 g/mol. The lowest BCUT2D eigenvalue weighted by Crippen LogP contribution is -2.37. The first-order chi connectivity index (χ1) is 8.92. The first kappa shape index (κ1) is 14.1. The van der Waals surface area contributed by atoms with Crippen LogP contribution in [0.1, 0.15) is 50.7 Å². The largest absolute Gasteiger partial charge is 0.384 e. The van der Waals surface area contributed by atoms with Crippen molar-refractivity contribution in [2.24, 2.45) is 0 Å². The topological polar surface area (TPSA) is 49.3 Å². The number of aliphatic hydroxyl groups is 1. The molecule has 0 aromatic heterocycles. The first-order valence-electron chi connectivity index (χ1n) is 6.97. The number of nitrogens with one attached hydrogen (secondary N) is 1. The molecule has 1 aliphatic carbocycles. The molecule has 0 radical (unpaired) electrons. The molecule has 2 N–H and O–H groups in total. The van der Waals surface area contributed by atoms with Crippen molar-refractivity contribution < 1.29 is 9.90 Å². The van der Waals surface area contributed by atoms with Gasteiger partial charge in [0.2, 0.25) is 5.91 Å². The predicted octanol–water partition coefficient (Wildman–Crippen LogP) is 2.34. The average Bonchev–Trinajstić information content (AvgIpc) is 2.37. The van der Waals surface area contributed by atoms with Crippen LogP contribution in [0.25, 0.3) is 0 Å². The number of hydrogen-bond acceptors (Lipinski definition) is 2. The molecule has 0 bridgehead atoms. The molecule has 2 unspecified atom stereocenters. The molecule has 1 amide bonds. The molecule has 0 saturated carbocycles. The Morgan fingerprint density at radius 3 is 2.84 bits per heavy atom. The van der Waals surface area contributed by atoms with Gasteiger partial charge in [-0.1, -0.05) is 38.1 Å². The van der Waals surface area contributed by atoms with Crippen molar-refractivity contribution in [2.75, 3.05) is 6.54 Å². The van der Waals surface area contributed by atoms with Gasteiger partial charge in [0.15, 0.2) is 0 Å². The summed E-state index contributed by atoms with van der Waals surface area (Å²) in [6, 6.07) is 8.49. The summed E-state index contributed by atoms with van der Waals surface area (Å²) in [6.45, 7) is 6.65. The van der Waals surface area contributed by atoms with E-state index in [9.17, 15) is 9.90 Å². The smallest absolute Gasteiger partial charge is 0.248 e. The van der Waals surface area contributed by atoms with Crippen molar-refractivity contribution >= 4 is 5.91 Å². The second-order valence-corrected chi connectivity index (χ2v) is 6.13. The van der Waals surface area contributed by atoms with Crippen molar-refractivity contribution in [1.82, 2.24) is 5.32 Å². The number of fused-ring (bicyclic) bond motifs is 1. The Morgan fingerprint density at radius 2 is 2.16 bits per heavy atom. The molecule has 19 heavy (non-hydrogen) atoms. The minimum absolute atomic E-state index is 0.210. The van der Waals surface area contributed by atoms with Crippen LogP contribution in [0.15, 0.2) is 24.3 Å². The highest BCUT2D eigenvalue weighted by molar-refractivity contribution is 5.80. The van der Waals surface area contributed by atoms with Crippen LogP contribution >= 0.6 is 0 Å². The molecule has 3 nitrogen and oxygen atoms in total. The lowest BCUT2D eigenvalue weighted by Gasteiger charge is -2.37. The molecule has 3 heteroatoms. The molecular formula is C16H23NO2. The lowest BCUT2D eigenvalue weighted by atomic mass is 9.69. The third kappa shape index (κ3) is 2.98. The van der Waals surface area contributed by atoms with E-state index in [2.05, 4.69) is 43.4 Å². The summed E-state index contributed by atoms with van der Waals surface area (Å²) in [4.78, 5) is 11.5.